The standard InChI is InChI=1S/C15H17N5/c1-11(2)16-10-13-7-8-15(19-18-13)20-14-6-4-3-5-12(14)9-17-20/h3-9,11,16H,10H2,1-2H3. The molecule has 0 fully saturated rings. The molecule has 0 spiro atoms. The molecule has 0 atom stereocenters. The molecular formula is C15H17N5. The summed E-state index contributed by atoms with van der Waals surface area (Å²) < 4.78 is 1.81. The normalized spacial score (nSPS) is 11.3. The van der Waals surface area contributed by atoms with Gasteiger partial charge in [-0.15, -0.1) is 5.10 Å². The molecule has 20 heavy (non-hydrogen) atoms. The van der Waals surface area contributed by atoms with Crippen molar-refractivity contribution in [1.82, 2.24) is 25.3 Å². The van der Waals surface area contributed by atoms with Gasteiger partial charge in [0.1, 0.15) is 0 Å². The van der Waals surface area contributed by atoms with Gasteiger partial charge in [0.05, 0.1) is 17.4 Å². The van der Waals surface area contributed by atoms with Crippen molar-refractivity contribution in [2.24, 2.45) is 0 Å². The zero-order valence-electron chi connectivity index (χ0n) is 11.6. The molecule has 1 aromatic carbocycles. The molecule has 0 aliphatic carbocycles. The lowest BCUT2D eigenvalue weighted by Crippen LogP contribution is -2.22. The third-order valence-corrected chi connectivity index (χ3v) is 3.09. The fraction of sp³-hybridized carbons (Fsp3) is 0.267. The van der Waals surface area contributed by atoms with Gasteiger partial charge in [-0.05, 0) is 18.2 Å². The van der Waals surface area contributed by atoms with Crippen molar-refractivity contribution < 1.29 is 0 Å². The van der Waals surface area contributed by atoms with E-state index in [1.165, 1.54) is 0 Å². The van der Waals surface area contributed by atoms with E-state index in [2.05, 4.69) is 34.5 Å². The molecule has 0 aliphatic heterocycles. The van der Waals surface area contributed by atoms with Crippen LogP contribution >= 0.6 is 0 Å². The molecule has 0 unspecified atom stereocenters. The van der Waals surface area contributed by atoms with Gasteiger partial charge in [-0.3, -0.25) is 0 Å². The van der Waals surface area contributed by atoms with E-state index >= 15 is 0 Å². The van der Waals surface area contributed by atoms with Gasteiger partial charge in [-0.1, -0.05) is 32.0 Å². The predicted molar refractivity (Wildman–Crippen MR) is 78.6 cm³/mol. The summed E-state index contributed by atoms with van der Waals surface area (Å²) in [7, 11) is 0. The van der Waals surface area contributed by atoms with E-state index in [4.69, 9.17) is 0 Å². The first-order valence-electron chi connectivity index (χ1n) is 6.73. The topological polar surface area (TPSA) is 55.6 Å². The molecule has 2 aromatic heterocycles. The number of hydrogen-bond acceptors (Lipinski definition) is 4. The Morgan fingerprint density at radius 1 is 1.10 bits per heavy atom. The smallest absolute Gasteiger partial charge is 0.176 e. The maximum atomic E-state index is 4.37. The SMILES string of the molecule is CC(C)NCc1ccc(-n2ncc3ccccc32)nn1. The molecule has 5 heteroatoms. The first kappa shape index (κ1) is 12.7. The van der Waals surface area contributed by atoms with Gasteiger partial charge in [0.2, 0.25) is 0 Å². The van der Waals surface area contributed by atoms with Gasteiger partial charge in [0.15, 0.2) is 5.82 Å². The van der Waals surface area contributed by atoms with Crippen LogP contribution in [0.15, 0.2) is 42.6 Å². The van der Waals surface area contributed by atoms with Crippen molar-refractivity contribution in [2.75, 3.05) is 0 Å². The summed E-state index contributed by atoms with van der Waals surface area (Å²) in [6.07, 6.45) is 1.84. The van der Waals surface area contributed by atoms with Crippen molar-refractivity contribution in [3.8, 4) is 5.82 Å². The molecule has 3 aromatic rings. The molecule has 5 nitrogen and oxygen atoms in total. The highest BCUT2D eigenvalue weighted by Gasteiger charge is 2.06. The van der Waals surface area contributed by atoms with Crippen molar-refractivity contribution in [3.05, 3.63) is 48.3 Å². The van der Waals surface area contributed by atoms with Crippen LogP contribution in [0, 0.1) is 0 Å². The molecule has 0 saturated carbocycles. The summed E-state index contributed by atoms with van der Waals surface area (Å²) in [5.41, 5.74) is 1.97. The van der Waals surface area contributed by atoms with Crippen LogP contribution < -0.4 is 5.32 Å². The number of para-hydroxylation sites is 1. The highest BCUT2D eigenvalue weighted by Crippen LogP contribution is 2.16. The first-order chi connectivity index (χ1) is 9.74. The first-order valence-corrected chi connectivity index (χ1v) is 6.73. The van der Waals surface area contributed by atoms with Crippen LogP contribution in [-0.4, -0.2) is 26.0 Å². The highest BCUT2D eigenvalue weighted by atomic mass is 15.3. The van der Waals surface area contributed by atoms with Crippen molar-refractivity contribution in [1.29, 1.82) is 0 Å². The molecule has 0 aliphatic rings. The fourth-order valence-corrected chi connectivity index (χ4v) is 2.02. The summed E-state index contributed by atoms with van der Waals surface area (Å²) in [5.74, 6) is 0.736. The van der Waals surface area contributed by atoms with E-state index in [0.29, 0.717) is 6.04 Å². The molecule has 102 valence electrons. The number of nitrogens with one attached hydrogen (secondary N) is 1. The van der Waals surface area contributed by atoms with Crippen LogP contribution in [0.25, 0.3) is 16.7 Å². The monoisotopic (exact) mass is 267 g/mol. The molecule has 0 amide bonds. The predicted octanol–water partition coefficient (Wildman–Crippen LogP) is 2.31. The van der Waals surface area contributed by atoms with Crippen LogP contribution in [0.3, 0.4) is 0 Å². The van der Waals surface area contributed by atoms with Crippen LogP contribution in [-0.2, 0) is 6.54 Å². The van der Waals surface area contributed by atoms with Crippen LogP contribution in [0.2, 0.25) is 0 Å². The third kappa shape index (κ3) is 2.53. The fourth-order valence-electron chi connectivity index (χ4n) is 2.02. The maximum absolute atomic E-state index is 4.37. The Balaban J connectivity index is 1.87. The van der Waals surface area contributed by atoms with Crippen LogP contribution in [0.4, 0.5) is 0 Å². The average molecular weight is 267 g/mol. The molecule has 3 rings (SSSR count). The molecule has 1 N–H and O–H groups in total. The number of nitrogens with zero attached hydrogens (tertiary/aromatic N) is 4. The van der Waals surface area contributed by atoms with Crippen LogP contribution in [0.5, 0.6) is 0 Å². The van der Waals surface area contributed by atoms with Gasteiger partial charge in [-0.2, -0.15) is 10.2 Å². The van der Waals surface area contributed by atoms with E-state index in [1.807, 2.05) is 47.3 Å². The van der Waals surface area contributed by atoms with E-state index in [9.17, 15) is 0 Å². The number of fused-ring (bicyclic) bond motifs is 1. The van der Waals surface area contributed by atoms with Gasteiger partial charge in [0, 0.05) is 18.0 Å². The van der Waals surface area contributed by atoms with Crippen LogP contribution in [0.1, 0.15) is 19.5 Å². The second kappa shape index (κ2) is 5.38. The Bertz CT molecular complexity index is 700. The number of aromatic nitrogens is 4. The lowest BCUT2D eigenvalue weighted by Gasteiger charge is -2.07. The molecule has 0 radical (unpaired) electrons. The molecule has 2 heterocycles. The number of rotatable bonds is 4. The average Bonchev–Trinajstić information content (AvgIpc) is 2.89. The minimum Gasteiger partial charge on any atom is -0.309 e. The van der Waals surface area contributed by atoms with Gasteiger partial charge in [-0.25, -0.2) is 4.68 Å². The molecule has 0 bridgehead atoms. The number of benzene rings is 1. The van der Waals surface area contributed by atoms with E-state index in [1.54, 1.807) is 0 Å². The second-order valence-electron chi connectivity index (χ2n) is 5.03. The van der Waals surface area contributed by atoms with E-state index < -0.39 is 0 Å². The summed E-state index contributed by atoms with van der Waals surface area (Å²) >= 11 is 0. The summed E-state index contributed by atoms with van der Waals surface area (Å²) in [6.45, 7) is 4.94. The Hall–Kier alpha value is -2.27. The Kier molecular flexibility index (Phi) is 3.43. The Morgan fingerprint density at radius 2 is 1.95 bits per heavy atom. The zero-order valence-corrected chi connectivity index (χ0v) is 11.6. The van der Waals surface area contributed by atoms with Crippen molar-refractivity contribution in [3.63, 3.8) is 0 Å². The third-order valence-electron chi connectivity index (χ3n) is 3.09. The molecule has 0 saturated heterocycles. The largest absolute Gasteiger partial charge is 0.309 e. The highest BCUT2D eigenvalue weighted by molar-refractivity contribution is 5.79. The lowest BCUT2D eigenvalue weighted by atomic mass is 10.2. The lowest BCUT2D eigenvalue weighted by molar-refractivity contribution is 0.576. The minimum absolute atomic E-state index is 0.437. The van der Waals surface area contributed by atoms with E-state index in [-0.39, 0.29) is 0 Å². The van der Waals surface area contributed by atoms with Gasteiger partial charge >= 0.3 is 0 Å². The van der Waals surface area contributed by atoms with Crippen molar-refractivity contribution in [2.45, 2.75) is 26.4 Å². The van der Waals surface area contributed by atoms with Gasteiger partial charge in [0.25, 0.3) is 0 Å². The number of hydrogen-bond donors (Lipinski definition) is 1. The van der Waals surface area contributed by atoms with Gasteiger partial charge < -0.3 is 5.32 Å². The Morgan fingerprint density at radius 3 is 2.70 bits per heavy atom. The Labute approximate surface area is 117 Å². The summed E-state index contributed by atoms with van der Waals surface area (Å²) in [6, 6.07) is 12.4. The second-order valence-corrected chi connectivity index (χ2v) is 5.03. The summed E-state index contributed by atoms with van der Waals surface area (Å²) in [4.78, 5) is 0. The minimum atomic E-state index is 0.437. The maximum Gasteiger partial charge on any atom is 0.176 e. The zero-order chi connectivity index (χ0) is 13.9. The van der Waals surface area contributed by atoms with E-state index in [0.717, 1.165) is 29.0 Å². The molecular weight excluding hydrogens is 250 g/mol. The quantitative estimate of drug-likeness (QED) is 0.788. The van der Waals surface area contributed by atoms with Crippen molar-refractivity contribution >= 4 is 10.9 Å². The summed E-state index contributed by atoms with van der Waals surface area (Å²) in [5, 5.41) is 17.3.